The van der Waals surface area contributed by atoms with Crippen molar-refractivity contribution in [2.24, 2.45) is 0 Å². The van der Waals surface area contributed by atoms with Crippen molar-refractivity contribution in [3.8, 4) is 0 Å². The van der Waals surface area contributed by atoms with E-state index in [9.17, 15) is 0 Å². The molecule has 0 fully saturated rings. The molecule has 0 bridgehead atoms. The molecule has 0 aliphatic rings. The molecule has 0 unspecified atom stereocenters. The van der Waals surface area contributed by atoms with E-state index in [2.05, 4.69) is 45.7 Å². The average molecular weight is 261 g/mol. The van der Waals surface area contributed by atoms with Crippen molar-refractivity contribution < 1.29 is 0 Å². The monoisotopic (exact) mass is 260 g/mol. The molecule has 0 N–H and O–H groups in total. The Balaban J connectivity index is 5.14. The third-order valence-corrected chi connectivity index (χ3v) is 19.8. The summed E-state index contributed by atoms with van der Waals surface area (Å²) in [5.41, 5.74) is 0. The van der Waals surface area contributed by atoms with Gasteiger partial charge in [-0.05, 0) is 0 Å². The van der Waals surface area contributed by atoms with Gasteiger partial charge in [0.1, 0.15) is 0 Å². The van der Waals surface area contributed by atoms with Gasteiger partial charge in [0.15, 0.2) is 0 Å². The Labute approximate surface area is 71.7 Å². The third-order valence-electron chi connectivity index (χ3n) is 2.95. The predicted molar refractivity (Wildman–Crippen MR) is 57.3 cm³/mol. The Hall–Kier alpha value is 0.0382. The standard InChI is InChI=1S/2C2H5.3C2H3.Sb/c5*1-2;/h2*1H2,2H3;3*1H,2H2;. The molecule has 0 atom stereocenters. The molecular formula is C10H19Sb. The van der Waals surface area contributed by atoms with Gasteiger partial charge in [0.2, 0.25) is 0 Å². The molecule has 0 aromatic carbocycles. The summed E-state index contributed by atoms with van der Waals surface area (Å²) in [4.78, 5) is 0. The molecule has 0 rings (SSSR count). The van der Waals surface area contributed by atoms with Crippen molar-refractivity contribution in [2.45, 2.75) is 22.6 Å². The first-order chi connectivity index (χ1) is 5.12. The summed E-state index contributed by atoms with van der Waals surface area (Å²) >= 11 is -2.68. The number of rotatable bonds is 5. The minimum absolute atomic E-state index is 1.18. The van der Waals surface area contributed by atoms with Crippen molar-refractivity contribution in [3.05, 3.63) is 31.8 Å². The zero-order valence-corrected chi connectivity index (χ0v) is 10.3. The van der Waals surface area contributed by atoms with Crippen LogP contribution in [0.3, 0.4) is 0 Å². The second-order valence-electron chi connectivity index (χ2n) is 2.95. The summed E-state index contributed by atoms with van der Waals surface area (Å²) in [6.07, 6.45) is 0. The van der Waals surface area contributed by atoms with Crippen LogP contribution < -0.4 is 0 Å². The van der Waals surface area contributed by atoms with E-state index in [0.29, 0.717) is 0 Å². The van der Waals surface area contributed by atoms with Gasteiger partial charge < -0.3 is 0 Å². The van der Waals surface area contributed by atoms with E-state index in [4.69, 9.17) is 0 Å². The van der Waals surface area contributed by atoms with Gasteiger partial charge in [-0.1, -0.05) is 0 Å². The number of hydrogen-bond acceptors (Lipinski definition) is 0. The van der Waals surface area contributed by atoms with Gasteiger partial charge in [0.25, 0.3) is 0 Å². The van der Waals surface area contributed by atoms with Crippen molar-refractivity contribution >= 4 is 17.4 Å². The fraction of sp³-hybridized carbons (Fsp3) is 0.400. The van der Waals surface area contributed by atoms with Crippen LogP contribution in [0.5, 0.6) is 0 Å². The van der Waals surface area contributed by atoms with Gasteiger partial charge in [-0.2, -0.15) is 0 Å². The maximum absolute atomic E-state index is 3.94. The summed E-state index contributed by atoms with van der Waals surface area (Å²) in [5, 5.41) is 0. The molecule has 0 saturated heterocycles. The molecule has 0 amide bonds. The van der Waals surface area contributed by atoms with E-state index >= 15 is 0 Å². The van der Waals surface area contributed by atoms with Gasteiger partial charge in [-0.15, -0.1) is 0 Å². The van der Waals surface area contributed by atoms with Crippen molar-refractivity contribution in [1.82, 2.24) is 0 Å². The predicted octanol–water partition coefficient (Wildman–Crippen LogP) is 3.60. The van der Waals surface area contributed by atoms with E-state index in [0.717, 1.165) is 0 Å². The van der Waals surface area contributed by atoms with Crippen molar-refractivity contribution in [3.63, 3.8) is 0 Å². The molecular weight excluding hydrogens is 242 g/mol. The quantitative estimate of drug-likeness (QED) is 0.663. The summed E-state index contributed by atoms with van der Waals surface area (Å²) in [6, 6.07) is 0. The molecule has 0 heterocycles. The zero-order valence-electron chi connectivity index (χ0n) is 7.71. The molecule has 0 aromatic heterocycles. The van der Waals surface area contributed by atoms with Crippen molar-refractivity contribution in [1.29, 1.82) is 0 Å². The Kier molecular flexibility index (Phi) is 3.64. The van der Waals surface area contributed by atoms with E-state index in [1.165, 1.54) is 8.73 Å². The molecule has 0 aromatic rings. The van der Waals surface area contributed by atoms with E-state index in [1.54, 1.807) is 0 Å². The first kappa shape index (κ1) is 11.0. The molecule has 64 valence electrons. The topological polar surface area (TPSA) is 0 Å². The van der Waals surface area contributed by atoms with E-state index in [1.807, 2.05) is 0 Å². The zero-order chi connectivity index (χ0) is 8.98. The van der Waals surface area contributed by atoms with Crippen LogP contribution in [-0.4, -0.2) is 17.4 Å². The van der Waals surface area contributed by atoms with Crippen LogP contribution in [0.15, 0.2) is 31.8 Å². The third kappa shape index (κ3) is 1.62. The second kappa shape index (κ2) is 3.63. The van der Waals surface area contributed by atoms with Crippen LogP contribution in [0, 0.1) is 0 Å². The van der Waals surface area contributed by atoms with Crippen LogP contribution in [0.1, 0.15) is 13.8 Å². The normalized spacial score (nSPS) is 14.5. The molecule has 0 spiro atoms. The van der Waals surface area contributed by atoms with Gasteiger partial charge in [0.05, 0.1) is 0 Å². The van der Waals surface area contributed by atoms with Crippen molar-refractivity contribution in [2.75, 3.05) is 0 Å². The van der Waals surface area contributed by atoms with Crippen LogP contribution >= 0.6 is 0 Å². The van der Waals surface area contributed by atoms with Crippen LogP contribution in [-0.2, 0) is 0 Å². The van der Waals surface area contributed by atoms with Gasteiger partial charge >= 0.3 is 71.8 Å². The molecule has 0 nitrogen and oxygen atoms in total. The van der Waals surface area contributed by atoms with Gasteiger partial charge in [-0.3, -0.25) is 0 Å². The fourth-order valence-corrected chi connectivity index (χ4v) is 8.20. The summed E-state index contributed by atoms with van der Waals surface area (Å²) in [5.74, 6) is 0. The molecule has 1 heteroatoms. The van der Waals surface area contributed by atoms with E-state index < -0.39 is 17.4 Å². The molecule has 11 heavy (non-hydrogen) atoms. The van der Waals surface area contributed by atoms with Gasteiger partial charge in [-0.25, -0.2) is 0 Å². The molecule has 0 aliphatic heterocycles. The Bertz CT molecular complexity index is 147. The number of hydrogen-bond donors (Lipinski definition) is 0. The van der Waals surface area contributed by atoms with Crippen LogP contribution in [0.4, 0.5) is 0 Å². The Morgan fingerprint density at radius 3 is 1.18 bits per heavy atom. The average Bonchev–Trinajstić information content (AvgIpc) is 2.12. The summed E-state index contributed by atoms with van der Waals surface area (Å²) in [6.45, 7) is 16.2. The fourth-order valence-electron chi connectivity index (χ4n) is 1.22. The minimum atomic E-state index is -2.68. The molecule has 0 aliphatic carbocycles. The maximum atomic E-state index is 3.94. The molecule has 0 radical (unpaired) electrons. The molecule has 0 saturated carbocycles. The first-order valence-corrected chi connectivity index (χ1v) is 12.1. The Morgan fingerprint density at radius 1 is 0.909 bits per heavy atom. The van der Waals surface area contributed by atoms with Crippen LogP contribution in [0.2, 0.25) is 8.73 Å². The van der Waals surface area contributed by atoms with E-state index in [-0.39, 0.29) is 0 Å². The van der Waals surface area contributed by atoms with Crippen LogP contribution in [0.25, 0.3) is 0 Å². The summed E-state index contributed by atoms with van der Waals surface area (Å²) in [7, 11) is 0. The SMILES string of the molecule is C=[CH][Sb]([CH]=C)([CH]=C)([CH2]C)[CH2]C. The summed E-state index contributed by atoms with van der Waals surface area (Å²) < 4.78 is 8.80. The van der Waals surface area contributed by atoms with Gasteiger partial charge in [0, 0.05) is 0 Å². The first-order valence-electron chi connectivity index (χ1n) is 4.05. The Morgan fingerprint density at radius 2 is 1.18 bits per heavy atom. The second-order valence-corrected chi connectivity index (χ2v) is 19.8.